The minimum absolute atomic E-state index is 0. The maximum Gasteiger partial charge on any atom is 0.238 e. The fourth-order valence-corrected chi connectivity index (χ4v) is 7.80. The molecule has 0 bridgehead atoms. The molecule has 6 heteroatoms. The van der Waals surface area contributed by atoms with Gasteiger partial charge in [-0.2, -0.15) is 9.97 Å². The summed E-state index contributed by atoms with van der Waals surface area (Å²) in [6.07, 6.45) is 1.83. The number of nitrogens with zero attached hydrogens (tertiary/aromatic N) is 5. The van der Waals surface area contributed by atoms with Crippen molar-refractivity contribution < 1.29 is 20.1 Å². The van der Waals surface area contributed by atoms with E-state index in [9.17, 15) is 0 Å². The van der Waals surface area contributed by atoms with E-state index in [0.717, 1.165) is 44.4 Å². The number of hydrogen-bond acceptors (Lipinski definition) is 4. The van der Waals surface area contributed by atoms with Crippen LogP contribution in [0.1, 0.15) is 25.0 Å². The Morgan fingerprint density at radius 1 is 0.528 bits per heavy atom. The SMILES string of the molecule is CC1(C)c2cc(-c3cc[c-]c(-c4ccccn4)c3)ccc2-c2cc3c4ccccc4n(-c4nc(-c5ccccc5)nc(-c5ccccc5)n4)c3cc21.[Ir]. The number of rotatable bonds is 5. The van der Waals surface area contributed by atoms with Crippen molar-refractivity contribution in [2.24, 2.45) is 0 Å². The van der Waals surface area contributed by atoms with Gasteiger partial charge in [0.2, 0.25) is 5.95 Å². The Bertz CT molecular complexity index is 2750. The Balaban J connectivity index is 0.00000372. The summed E-state index contributed by atoms with van der Waals surface area (Å²) in [7, 11) is 0. The molecule has 3 aromatic heterocycles. The van der Waals surface area contributed by atoms with Crippen LogP contribution in [-0.4, -0.2) is 24.5 Å². The van der Waals surface area contributed by atoms with Crippen LogP contribution in [-0.2, 0) is 25.5 Å². The van der Waals surface area contributed by atoms with Crippen LogP contribution in [0.15, 0.2) is 158 Å². The van der Waals surface area contributed by atoms with E-state index in [1.54, 1.807) is 0 Å². The first-order valence-electron chi connectivity index (χ1n) is 17.6. The van der Waals surface area contributed by atoms with Crippen LogP contribution < -0.4 is 0 Å². The zero-order valence-corrected chi connectivity index (χ0v) is 31.5. The van der Waals surface area contributed by atoms with Gasteiger partial charge in [0.25, 0.3) is 0 Å². The zero-order valence-electron chi connectivity index (χ0n) is 29.1. The third-order valence-electron chi connectivity index (χ3n) is 10.4. The maximum absolute atomic E-state index is 5.15. The van der Waals surface area contributed by atoms with Gasteiger partial charge in [0.1, 0.15) is 0 Å². The fraction of sp³-hybridized carbons (Fsp3) is 0.0638. The van der Waals surface area contributed by atoms with Gasteiger partial charge in [-0.3, -0.25) is 4.57 Å². The molecule has 0 spiro atoms. The quantitative estimate of drug-likeness (QED) is 0.162. The van der Waals surface area contributed by atoms with Crippen LogP contribution >= 0.6 is 0 Å². The number of aromatic nitrogens is 5. The third-order valence-corrected chi connectivity index (χ3v) is 10.4. The maximum atomic E-state index is 5.15. The summed E-state index contributed by atoms with van der Waals surface area (Å²) in [5.74, 6) is 1.88. The molecule has 0 amide bonds. The van der Waals surface area contributed by atoms with Crippen molar-refractivity contribution in [1.29, 1.82) is 0 Å². The topological polar surface area (TPSA) is 56.5 Å². The van der Waals surface area contributed by atoms with Gasteiger partial charge in [-0.25, -0.2) is 4.98 Å². The van der Waals surface area contributed by atoms with Crippen molar-refractivity contribution in [3.8, 4) is 62.2 Å². The number of para-hydroxylation sites is 1. The molecule has 3 heterocycles. The van der Waals surface area contributed by atoms with Crippen LogP contribution in [0, 0.1) is 6.07 Å². The summed E-state index contributed by atoms with van der Waals surface area (Å²) in [4.78, 5) is 19.8. The monoisotopic (exact) mass is 859 g/mol. The summed E-state index contributed by atoms with van der Waals surface area (Å²) in [5.41, 5.74) is 13.1. The van der Waals surface area contributed by atoms with E-state index in [4.69, 9.17) is 15.0 Å². The number of benzene rings is 6. The molecule has 0 fully saturated rings. The predicted molar refractivity (Wildman–Crippen MR) is 210 cm³/mol. The third kappa shape index (κ3) is 5.42. The molecular weight excluding hydrogens is 827 g/mol. The van der Waals surface area contributed by atoms with Crippen molar-refractivity contribution in [2.75, 3.05) is 0 Å². The second-order valence-electron chi connectivity index (χ2n) is 13.9. The fourth-order valence-electron chi connectivity index (χ4n) is 7.80. The van der Waals surface area contributed by atoms with Gasteiger partial charge in [-0.1, -0.05) is 123 Å². The molecule has 1 aliphatic rings. The molecule has 255 valence electrons. The van der Waals surface area contributed by atoms with Crippen molar-refractivity contribution in [2.45, 2.75) is 19.3 Å². The van der Waals surface area contributed by atoms with Crippen LogP contribution in [0.5, 0.6) is 0 Å². The Morgan fingerprint density at radius 2 is 1.19 bits per heavy atom. The molecular formula is C47H32IrN5-. The second kappa shape index (κ2) is 12.9. The minimum atomic E-state index is -0.246. The summed E-state index contributed by atoms with van der Waals surface area (Å²) in [5, 5.41) is 2.33. The molecule has 0 saturated heterocycles. The summed E-state index contributed by atoms with van der Waals surface area (Å²) in [6.45, 7) is 4.67. The molecule has 53 heavy (non-hydrogen) atoms. The van der Waals surface area contributed by atoms with Gasteiger partial charge in [-0.05, 0) is 57.8 Å². The average Bonchev–Trinajstić information content (AvgIpc) is 3.65. The van der Waals surface area contributed by atoms with Gasteiger partial charge in [-0.15, -0.1) is 35.4 Å². The van der Waals surface area contributed by atoms with Crippen molar-refractivity contribution >= 4 is 21.8 Å². The largest absolute Gasteiger partial charge is 0.305 e. The van der Waals surface area contributed by atoms with Crippen molar-refractivity contribution in [3.05, 3.63) is 175 Å². The van der Waals surface area contributed by atoms with Gasteiger partial charge < -0.3 is 4.98 Å². The first kappa shape index (κ1) is 32.8. The normalized spacial score (nSPS) is 12.7. The van der Waals surface area contributed by atoms with Crippen LogP contribution in [0.2, 0.25) is 0 Å². The molecule has 1 radical (unpaired) electrons. The zero-order chi connectivity index (χ0) is 34.8. The molecule has 5 nitrogen and oxygen atoms in total. The van der Waals surface area contributed by atoms with Gasteiger partial charge >= 0.3 is 0 Å². The molecule has 9 aromatic rings. The van der Waals surface area contributed by atoms with Gasteiger partial charge in [0.05, 0.1) is 11.0 Å². The molecule has 6 aromatic carbocycles. The smallest absolute Gasteiger partial charge is 0.238 e. The van der Waals surface area contributed by atoms with Crippen molar-refractivity contribution in [1.82, 2.24) is 24.5 Å². The van der Waals surface area contributed by atoms with Crippen LogP contribution in [0.25, 0.3) is 84.0 Å². The van der Waals surface area contributed by atoms with Crippen LogP contribution in [0.3, 0.4) is 0 Å². The number of hydrogen-bond donors (Lipinski definition) is 0. The van der Waals surface area contributed by atoms with E-state index >= 15 is 0 Å². The van der Waals surface area contributed by atoms with E-state index in [0.29, 0.717) is 17.6 Å². The van der Waals surface area contributed by atoms with E-state index in [-0.39, 0.29) is 25.5 Å². The first-order valence-corrected chi connectivity index (χ1v) is 17.6. The molecule has 0 N–H and O–H groups in total. The Labute approximate surface area is 321 Å². The summed E-state index contributed by atoms with van der Waals surface area (Å²) < 4.78 is 2.22. The van der Waals surface area contributed by atoms with E-state index in [1.807, 2.05) is 91.1 Å². The standard InChI is InChI=1S/C47H32N5.Ir/c1-47(2)39-27-33(32-18-13-19-34(26-32)41-21-11-12-25-48-41)23-24-35(39)37-28-38-36-20-9-10-22-42(36)52(43(38)29-40(37)47)46-50-44(30-14-5-3-6-15-30)49-45(51-46)31-16-7-4-8-17-31;/h3-18,20-29H,1-2H3;/q-1;. The number of pyridine rings is 1. The Kier molecular flexibility index (Phi) is 7.96. The molecule has 1 aliphatic carbocycles. The van der Waals surface area contributed by atoms with E-state index < -0.39 is 0 Å². The van der Waals surface area contributed by atoms with Crippen LogP contribution in [0.4, 0.5) is 0 Å². The molecule has 0 unspecified atom stereocenters. The molecule has 0 aliphatic heterocycles. The Hall–Kier alpha value is -6.07. The van der Waals surface area contributed by atoms with E-state index in [2.05, 4.69) is 96.2 Å². The Morgan fingerprint density at radius 3 is 1.91 bits per heavy atom. The number of fused-ring (bicyclic) bond motifs is 6. The summed E-state index contributed by atoms with van der Waals surface area (Å²) in [6, 6.07) is 56.2. The molecule has 0 atom stereocenters. The summed E-state index contributed by atoms with van der Waals surface area (Å²) >= 11 is 0. The van der Waals surface area contributed by atoms with Crippen molar-refractivity contribution in [3.63, 3.8) is 0 Å². The van der Waals surface area contributed by atoms with E-state index in [1.165, 1.54) is 33.2 Å². The molecule has 10 rings (SSSR count). The minimum Gasteiger partial charge on any atom is -0.305 e. The molecule has 0 saturated carbocycles. The van der Waals surface area contributed by atoms with Gasteiger partial charge in [0.15, 0.2) is 11.6 Å². The first-order chi connectivity index (χ1) is 25.5. The average molecular weight is 859 g/mol. The van der Waals surface area contributed by atoms with Gasteiger partial charge in [0, 0.05) is 53.6 Å². The second-order valence-corrected chi connectivity index (χ2v) is 13.9. The predicted octanol–water partition coefficient (Wildman–Crippen LogP) is 11.1.